The van der Waals surface area contributed by atoms with Crippen LogP contribution in [0.5, 0.6) is 5.75 Å². The number of nitrogens with one attached hydrogen (secondary N) is 2. The second-order valence-electron chi connectivity index (χ2n) is 8.08. The van der Waals surface area contributed by atoms with Crippen molar-refractivity contribution in [1.82, 2.24) is 5.32 Å². The Morgan fingerprint density at radius 2 is 1.85 bits per heavy atom. The SMILES string of the molecule is CCc1ccc(NC(=O)COc2ccc(N3C[C@H](C(=O)NCc4cccs4)CC3=O)cc2)cc1. The first-order valence-electron chi connectivity index (χ1n) is 11.2. The molecule has 34 heavy (non-hydrogen) atoms. The fraction of sp³-hybridized carbons (Fsp3) is 0.269. The van der Waals surface area contributed by atoms with E-state index in [1.165, 1.54) is 5.56 Å². The highest BCUT2D eigenvalue weighted by atomic mass is 32.1. The number of nitrogens with zero attached hydrogens (tertiary/aromatic N) is 1. The van der Waals surface area contributed by atoms with Crippen molar-refractivity contribution in [2.45, 2.75) is 26.3 Å². The summed E-state index contributed by atoms with van der Waals surface area (Å²) in [6, 6.07) is 18.6. The van der Waals surface area contributed by atoms with Crippen LogP contribution in [0.3, 0.4) is 0 Å². The van der Waals surface area contributed by atoms with Crippen LogP contribution < -0.4 is 20.3 Å². The van der Waals surface area contributed by atoms with Gasteiger partial charge in [0.15, 0.2) is 6.61 Å². The molecule has 3 aromatic rings. The predicted octanol–water partition coefficient (Wildman–Crippen LogP) is 4.00. The van der Waals surface area contributed by atoms with Crippen molar-refractivity contribution in [2.24, 2.45) is 5.92 Å². The number of thiophene rings is 1. The van der Waals surface area contributed by atoms with Crippen LogP contribution in [-0.2, 0) is 27.3 Å². The van der Waals surface area contributed by atoms with E-state index >= 15 is 0 Å². The molecule has 1 aliphatic rings. The lowest BCUT2D eigenvalue weighted by molar-refractivity contribution is -0.126. The lowest BCUT2D eigenvalue weighted by Crippen LogP contribution is -2.32. The van der Waals surface area contributed by atoms with Crippen molar-refractivity contribution in [3.05, 3.63) is 76.5 Å². The van der Waals surface area contributed by atoms with Gasteiger partial charge in [-0.15, -0.1) is 11.3 Å². The lowest BCUT2D eigenvalue weighted by Gasteiger charge is -2.17. The average Bonchev–Trinajstić information content (AvgIpc) is 3.52. The Hall–Kier alpha value is -3.65. The number of carbonyl (C=O) groups is 3. The van der Waals surface area contributed by atoms with Crippen LogP contribution in [-0.4, -0.2) is 30.9 Å². The Labute approximate surface area is 202 Å². The molecule has 1 fully saturated rings. The fourth-order valence-electron chi connectivity index (χ4n) is 3.76. The number of aryl methyl sites for hydroxylation is 1. The van der Waals surface area contributed by atoms with E-state index in [1.807, 2.05) is 41.8 Å². The molecule has 0 saturated carbocycles. The number of rotatable bonds is 9. The summed E-state index contributed by atoms with van der Waals surface area (Å²) in [4.78, 5) is 39.8. The molecule has 0 aliphatic carbocycles. The Morgan fingerprint density at radius 1 is 1.09 bits per heavy atom. The summed E-state index contributed by atoms with van der Waals surface area (Å²) < 4.78 is 5.58. The normalized spacial score (nSPS) is 15.3. The van der Waals surface area contributed by atoms with Gasteiger partial charge < -0.3 is 20.3 Å². The lowest BCUT2D eigenvalue weighted by atomic mass is 10.1. The molecule has 4 rings (SSSR count). The first-order valence-corrected chi connectivity index (χ1v) is 12.1. The van der Waals surface area contributed by atoms with Crippen LogP contribution in [0, 0.1) is 5.92 Å². The van der Waals surface area contributed by atoms with Crippen LogP contribution in [0.4, 0.5) is 11.4 Å². The Kier molecular flexibility index (Phi) is 7.59. The van der Waals surface area contributed by atoms with Gasteiger partial charge in [-0.1, -0.05) is 25.1 Å². The van der Waals surface area contributed by atoms with Gasteiger partial charge in [0.1, 0.15) is 5.75 Å². The zero-order valence-corrected chi connectivity index (χ0v) is 19.8. The molecule has 0 spiro atoms. The van der Waals surface area contributed by atoms with E-state index in [2.05, 4.69) is 17.6 Å². The number of amides is 3. The maximum Gasteiger partial charge on any atom is 0.262 e. The van der Waals surface area contributed by atoms with Crippen molar-refractivity contribution in [1.29, 1.82) is 0 Å². The second kappa shape index (κ2) is 11.0. The van der Waals surface area contributed by atoms with E-state index in [-0.39, 0.29) is 36.7 Å². The van der Waals surface area contributed by atoms with Crippen molar-refractivity contribution in [3.63, 3.8) is 0 Å². The third-order valence-corrected chi connectivity index (χ3v) is 6.55. The minimum atomic E-state index is -0.376. The van der Waals surface area contributed by atoms with Crippen molar-refractivity contribution in [3.8, 4) is 5.75 Å². The molecule has 2 heterocycles. The molecule has 1 saturated heterocycles. The topological polar surface area (TPSA) is 87.7 Å². The maximum absolute atomic E-state index is 12.5. The Morgan fingerprint density at radius 3 is 2.53 bits per heavy atom. The Balaban J connectivity index is 1.25. The number of ether oxygens (including phenoxy) is 1. The standard InChI is InChI=1S/C26H27N3O4S/c1-2-18-5-7-20(8-6-18)28-24(30)17-33-22-11-9-21(10-12-22)29-16-19(14-25(29)31)26(32)27-15-23-4-3-13-34-23/h3-13,19H,2,14-17H2,1H3,(H,27,32)(H,28,30)/t19-/m1/s1. The van der Waals surface area contributed by atoms with E-state index in [9.17, 15) is 14.4 Å². The minimum Gasteiger partial charge on any atom is -0.484 e. The van der Waals surface area contributed by atoms with Crippen LogP contribution in [0.15, 0.2) is 66.0 Å². The van der Waals surface area contributed by atoms with Crippen LogP contribution >= 0.6 is 11.3 Å². The predicted molar refractivity (Wildman–Crippen MR) is 133 cm³/mol. The molecule has 2 N–H and O–H groups in total. The van der Waals surface area contributed by atoms with E-state index in [0.29, 0.717) is 24.5 Å². The molecule has 3 amide bonds. The highest BCUT2D eigenvalue weighted by molar-refractivity contribution is 7.09. The highest BCUT2D eigenvalue weighted by Gasteiger charge is 2.35. The molecule has 7 nitrogen and oxygen atoms in total. The monoisotopic (exact) mass is 477 g/mol. The van der Waals surface area contributed by atoms with Gasteiger partial charge in [0.25, 0.3) is 5.91 Å². The van der Waals surface area contributed by atoms with Crippen molar-refractivity contribution >= 4 is 40.4 Å². The molecule has 0 radical (unpaired) electrons. The Bertz CT molecular complexity index is 1130. The largest absolute Gasteiger partial charge is 0.484 e. The van der Waals surface area contributed by atoms with Gasteiger partial charge in [-0.25, -0.2) is 0 Å². The third-order valence-electron chi connectivity index (χ3n) is 5.68. The van der Waals surface area contributed by atoms with Crippen LogP contribution in [0.1, 0.15) is 23.8 Å². The van der Waals surface area contributed by atoms with Crippen molar-refractivity contribution in [2.75, 3.05) is 23.4 Å². The molecule has 1 aliphatic heterocycles. The summed E-state index contributed by atoms with van der Waals surface area (Å²) in [5, 5.41) is 7.69. The number of anilines is 2. The van der Waals surface area contributed by atoms with Gasteiger partial charge in [0, 0.05) is 29.2 Å². The zero-order chi connectivity index (χ0) is 23.9. The molecule has 0 bridgehead atoms. The molecular weight excluding hydrogens is 450 g/mol. The zero-order valence-electron chi connectivity index (χ0n) is 19.0. The third kappa shape index (κ3) is 6.02. The summed E-state index contributed by atoms with van der Waals surface area (Å²) in [7, 11) is 0. The molecular formula is C26H27N3O4S. The van der Waals surface area contributed by atoms with Gasteiger partial charge in [-0.2, -0.15) is 0 Å². The summed E-state index contributed by atoms with van der Waals surface area (Å²) in [6.45, 7) is 2.78. The maximum atomic E-state index is 12.5. The van der Waals surface area contributed by atoms with Gasteiger partial charge in [-0.3, -0.25) is 14.4 Å². The molecule has 176 valence electrons. The quantitative estimate of drug-likeness (QED) is 0.488. The summed E-state index contributed by atoms with van der Waals surface area (Å²) in [5.41, 5.74) is 2.63. The molecule has 1 aromatic heterocycles. The number of benzene rings is 2. The van der Waals surface area contributed by atoms with Gasteiger partial charge in [0.2, 0.25) is 11.8 Å². The molecule has 8 heteroatoms. The van der Waals surface area contributed by atoms with E-state index in [0.717, 1.165) is 17.0 Å². The average molecular weight is 478 g/mol. The van der Waals surface area contributed by atoms with Crippen LogP contribution in [0.2, 0.25) is 0 Å². The second-order valence-corrected chi connectivity index (χ2v) is 9.12. The first-order chi connectivity index (χ1) is 16.5. The summed E-state index contributed by atoms with van der Waals surface area (Å²) >= 11 is 1.58. The number of carbonyl (C=O) groups excluding carboxylic acids is 3. The van der Waals surface area contributed by atoms with Gasteiger partial charge in [0.05, 0.1) is 12.5 Å². The van der Waals surface area contributed by atoms with E-state index < -0.39 is 0 Å². The smallest absolute Gasteiger partial charge is 0.262 e. The minimum absolute atomic E-state index is 0.0848. The molecule has 2 aromatic carbocycles. The molecule has 0 unspecified atom stereocenters. The van der Waals surface area contributed by atoms with Crippen molar-refractivity contribution < 1.29 is 19.1 Å². The first kappa shape index (κ1) is 23.5. The van der Waals surface area contributed by atoms with Gasteiger partial charge >= 0.3 is 0 Å². The highest BCUT2D eigenvalue weighted by Crippen LogP contribution is 2.27. The summed E-state index contributed by atoms with van der Waals surface area (Å²) in [5.74, 6) is -0.298. The number of hydrogen-bond acceptors (Lipinski definition) is 5. The van der Waals surface area contributed by atoms with E-state index in [1.54, 1.807) is 40.5 Å². The summed E-state index contributed by atoms with van der Waals surface area (Å²) in [6.07, 6.45) is 1.13. The fourth-order valence-corrected chi connectivity index (χ4v) is 4.40. The van der Waals surface area contributed by atoms with Crippen LogP contribution in [0.25, 0.3) is 0 Å². The number of hydrogen-bond donors (Lipinski definition) is 2. The molecule has 1 atom stereocenters. The van der Waals surface area contributed by atoms with Gasteiger partial charge in [-0.05, 0) is 59.8 Å². The van der Waals surface area contributed by atoms with E-state index in [4.69, 9.17) is 4.74 Å².